The third-order valence-electron chi connectivity index (χ3n) is 4.09. The van der Waals surface area contributed by atoms with Gasteiger partial charge < -0.3 is 21.7 Å². The SMILES string of the molecule is NC(=O)C1=Cc2ccccc2CC1C(N)=O.O=C(O)Cc1ccc(O)cc1. The van der Waals surface area contributed by atoms with Gasteiger partial charge in [0.2, 0.25) is 11.8 Å². The first-order chi connectivity index (χ1) is 12.8. The largest absolute Gasteiger partial charge is 0.508 e. The molecule has 140 valence electrons. The Morgan fingerprint density at radius 2 is 1.63 bits per heavy atom. The number of carboxylic acid groups (broad SMARTS) is 1. The molecule has 2 aromatic carbocycles. The average Bonchev–Trinajstić information content (AvgIpc) is 2.62. The molecular formula is C20H20N2O5. The Bertz CT molecular complexity index is 888. The van der Waals surface area contributed by atoms with Crippen LogP contribution in [0.4, 0.5) is 0 Å². The Morgan fingerprint density at radius 1 is 1.00 bits per heavy atom. The maximum Gasteiger partial charge on any atom is 0.307 e. The molecule has 2 amide bonds. The Labute approximate surface area is 155 Å². The van der Waals surface area contributed by atoms with E-state index >= 15 is 0 Å². The number of carbonyl (C=O) groups excluding carboxylic acids is 2. The first-order valence-corrected chi connectivity index (χ1v) is 8.16. The summed E-state index contributed by atoms with van der Waals surface area (Å²) in [5.41, 5.74) is 13.4. The van der Waals surface area contributed by atoms with Crippen LogP contribution in [0.25, 0.3) is 6.08 Å². The second-order valence-corrected chi connectivity index (χ2v) is 6.06. The van der Waals surface area contributed by atoms with Crippen molar-refractivity contribution in [3.8, 4) is 5.75 Å². The molecule has 0 heterocycles. The van der Waals surface area contributed by atoms with Crippen LogP contribution in [0.5, 0.6) is 5.75 Å². The number of rotatable bonds is 4. The maximum absolute atomic E-state index is 11.3. The topological polar surface area (TPSA) is 144 Å². The summed E-state index contributed by atoms with van der Waals surface area (Å²) in [7, 11) is 0. The van der Waals surface area contributed by atoms with E-state index in [4.69, 9.17) is 21.7 Å². The molecule has 0 bridgehead atoms. The fraction of sp³-hybridized carbons (Fsp3) is 0.150. The number of primary amides is 2. The van der Waals surface area contributed by atoms with Gasteiger partial charge >= 0.3 is 5.97 Å². The van der Waals surface area contributed by atoms with Crippen molar-refractivity contribution in [2.75, 3.05) is 0 Å². The van der Waals surface area contributed by atoms with Gasteiger partial charge in [-0.1, -0.05) is 36.4 Å². The monoisotopic (exact) mass is 368 g/mol. The summed E-state index contributed by atoms with van der Waals surface area (Å²) in [6.45, 7) is 0. The lowest BCUT2D eigenvalue weighted by Gasteiger charge is -2.21. The van der Waals surface area contributed by atoms with E-state index < -0.39 is 23.7 Å². The molecule has 27 heavy (non-hydrogen) atoms. The normalized spacial score (nSPS) is 14.8. The van der Waals surface area contributed by atoms with Gasteiger partial charge in [-0.25, -0.2) is 0 Å². The standard InChI is InChI=1S/C12H12N2O2.C8H8O3/c13-11(15)9-5-7-3-1-2-4-8(7)6-10(9)12(14)16;9-7-3-1-6(2-4-7)5-8(10)11/h1-5,10H,6H2,(H2,13,15)(H2,14,16);1-4,9H,5H2,(H,10,11). The minimum atomic E-state index is -0.865. The van der Waals surface area contributed by atoms with Crippen LogP contribution in [0.1, 0.15) is 16.7 Å². The van der Waals surface area contributed by atoms with Gasteiger partial charge in [0.05, 0.1) is 12.3 Å². The molecule has 0 radical (unpaired) electrons. The van der Waals surface area contributed by atoms with Crippen LogP contribution in [0.3, 0.4) is 0 Å². The highest BCUT2D eigenvalue weighted by molar-refractivity contribution is 6.03. The van der Waals surface area contributed by atoms with Crippen molar-refractivity contribution in [1.82, 2.24) is 0 Å². The van der Waals surface area contributed by atoms with Gasteiger partial charge in [-0.3, -0.25) is 14.4 Å². The van der Waals surface area contributed by atoms with Gasteiger partial charge in [0.25, 0.3) is 0 Å². The summed E-state index contributed by atoms with van der Waals surface area (Å²) in [5, 5.41) is 17.2. The van der Waals surface area contributed by atoms with Crippen molar-refractivity contribution < 1.29 is 24.6 Å². The van der Waals surface area contributed by atoms with E-state index in [1.165, 1.54) is 12.1 Å². The number of hydrogen-bond donors (Lipinski definition) is 4. The molecule has 2 aromatic rings. The minimum absolute atomic E-state index is 0.000278. The second-order valence-electron chi connectivity index (χ2n) is 6.06. The quantitative estimate of drug-likeness (QED) is 0.642. The molecule has 1 aliphatic rings. The van der Waals surface area contributed by atoms with Crippen molar-refractivity contribution in [3.05, 3.63) is 70.8 Å². The summed E-state index contributed by atoms with van der Waals surface area (Å²) < 4.78 is 0. The lowest BCUT2D eigenvalue weighted by Crippen LogP contribution is -2.34. The van der Waals surface area contributed by atoms with E-state index in [9.17, 15) is 14.4 Å². The zero-order chi connectivity index (χ0) is 20.0. The van der Waals surface area contributed by atoms with Gasteiger partial charge in [0.15, 0.2) is 0 Å². The molecule has 0 fully saturated rings. The molecule has 0 saturated heterocycles. The van der Waals surface area contributed by atoms with Crippen LogP contribution >= 0.6 is 0 Å². The van der Waals surface area contributed by atoms with Crippen molar-refractivity contribution in [3.63, 3.8) is 0 Å². The molecule has 7 heteroatoms. The Kier molecular flexibility index (Phi) is 6.32. The van der Waals surface area contributed by atoms with E-state index in [0.29, 0.717) is 17.6 Å². The fourth-order valence-electron chi connectivity index (χ4n) is 2.74. The zero-order valence-electron chi connectivity index (χ0n) is 14.5. The Balaban J connectivity index is 0.000000208. The molecule has 3 rings (SSSR count). The van der Waals surface area contributed by atoms with Gasteiger partial charge in [0, 0.05) is 5.57 Å². The molecule has 0 aromatic heterocycles. The molecular weight excluding hydrogens is 348 g/mol. The number of carboxylic acids is 1. The average molecular weight is 368 g/mol. The lowest BCUT2D eigenvalue weighted by atomic mass is 9.83. The number of nitrogens with two attached hydrogens (primary N) is 2. The molecule has 1 aliphatic carbocycles. The smallest absolute Gasteiger partial charge is 0.307 e. The molecule has 6 N–H and O–H groups in total. The van der Waals surface area contributed by atoms with Crippen molar-refractivity contribution in [2.24, 2.45) is 17.4 Å². The number of benzene rings is 2. The van der Waals surface area contributed by atoms with Crippen LogP contribution in [0, 0.1) is 5.92 Å². The molecule has 1 unspecified atom stereocenters. The van der Waals surface area contributed by atoms with Crippen LogP contribution in [0.2, 0.25) is 0 Å². The molecule has 0 aliphatic heterocycles. The Hall–Kier alpha value is -3.61. The van der Waals surface area contributed by atoms with Gasteiger partial charge in [-0.05, 0) is 41.3 Å². The van der Waals surface area contributed by atoms with Gasteiger partial charge in [-0.15, -0.1) is 0 Å². The first kappa shape index (κ1) is 19.7. The van der Waals surface area contributed by atoms with E-state index in [1.807, 2.05) is 24.3 Å². The first-order valence-electron chi connectivity index (χ1n) is 8.16. The molecule has 0 saturated carbocycles. The van der Waals surface area contributed by atoms with Crippen LogP contribution in [-0.2, 0) is 27.2 Å². The summed E-state index contributed by atoms with van der Waals surface area (Å²) in [5.74, 6) is -2.42. The number of aliphatic carboxylic acids is 1. The Morgan fingerprint density at radius 3 is 2.19 bits per heavy atom. The minimum Gasteiger partial charge on any atom is -0.508 e. The summed E-state index contributed by atoms with van der Waals surface area (Å²) in [4.78, 5) is 32.7. The van der Waals surface area contributed by atoms with Crippen LogP contribution in [0.15, 0.2) is 54.1 Å². The predicted molar refractivity (Wildman–Crippen MR) is 99.4 cm³/mol. The van der Waals surface area contributed by atoms with E-state index in [2.05, 4.69) is 0 Å². The van der Waals surface area contributed by atoms with Crippen molar-refractivity contribution in [1.29, 1.82) is 0 Å². The number of fused-ring (bicyclic) bond motifs is 1. The third-order valence-corrected chi connectivity index (χ3v) is 4.09. The van der Waals surface area contributed by atoms with E-state index in [1.54, 1.807) is 18.2 Å². The lowest BCUT2D eigenvalue weighted by molar-refractivity contribution is -0.136. The molecule has 7 nitrogen and oxygen atoms in total. The third kappa shape index (κ3) is 5.43. The van der Waals surface area contributed by atoms with Crippen LogP contribution < -0.4 is 11.5 Å². The highest BCUT2D eigenvalue weighted by atomic mass is 16.4. The number of carbonyl (C=O) groups is 3. The summed E-state index contributed by atoms with van der Waals surface area (Å²) in [6, 6.07) is 13.7. The highest BCUT2D eigenvalue weighted by Crippen LogP contribution is 2.28. The van der Waals surface area contributed by atoms with Gasteiger partial charge in [-0.2, -0.15) is 0 Å². The number of hydrogen-bond acceptors (Lipinski definition) is 4. The summed E-state index contributed by atoms with van der Waals surface area (Å²) in [6.07, 6.45) is 2.09. The van der Waals surface area contributed by atoms with Crippen molar-refractivity contribution in [2.45, 2.75) is 12.8 Å². The highest BCUT2D eigenvalue weighted by Gasteiger charge is 2.28. The molecule has 1 atom stereocenters. The van der Waals surface area contributed by atoms with E-state index in [-0.39, 0.29) is 12.2 Å². The predicted octanol–water partition coefficient (Wildman–Crippen LogP) is 1.23. The number of phenols is 1. The van der Waals surface area contributed by atoms with E-state index in [0.717, 1.165) is 11.1 Å². The summed E-state index contributed by atoms with van der Waals surface area (Å²) >= 11 is 0. The maximum atomic E-state index is 11.3. The fourth-order valence-corrected chi connectivity index (χ4v) is 2.74. The molecule has 0 spiro atoms. The van der Waals surface area contributed by atoms with Gasteiger partial charge in [0.1, 0.15) is 5.75 Å². The second kappa shape index (κ2) is 8.66. The number of aromatic hydroxyl groups is 1. The van der Waals surface area contributed by atoms with Crippen LogP contribution in [-0.4, -0.2) is 28.0 Å². The number of amides is 2. The van der Waals surface area contributed by atoms with Crippen molar-refractivity contribution >= 4 is 23.9 Å². The number of phenolic OH excluding ortho intramolecular Hbond substituents is 1. The zero-order valence-corrected chi connectivity index (χ0v) is 14.5.